The molecule has 0 aliphatic rings. The van der Waals surface area contributed by atoms with Crippen LogP contribution in [0.3, 0.4) is 0 Å². The average molecular weight is 518 g/mol. The first-order valence-corrected chi connectivity index (χ1v) is 8.33. The minimum Gasteiger partial charge on any atom is -0.214 e. The van der Waals surface area contributed by atoms with Crippen LogP contribution in [-0.4, -0.2) is 0 Å². The molecule has 0 saturated heterocycles. The molecule has 0 spiro atoms. The van der Waals surface area contributed by atoms with Gasteiger partial charge in [0.25, 0.3) is 0 Å². The van der Waals surface area contributed by atoms with Crippen LogP contribution in [0.25, 0.3) is 0 Å². The van der Waals surface area contributed by atoms with Crippen molar-refractivity contribution in [1.29, 1.82) is 0 Å². The van der Waals surface area contributed by atoms with Crippen molar-refractivity contribution >= 4 is 0 Å². The molecule has 5 rings (SSSR count). The largest absolute Gasteiger partial charge is 0.214 e. The van der Waals surface area contributed by atoms with Crippen molar-refractivity contribution in [2.45, 2.75) is 0 Å². The third-order valence-electron chi connectivity index (χ3n) is 2.78. The molecule has 1 heteroatoms. The standard InChI is InChI=1S/5C5H5.Ir/c5*1-2-4-5-3-1;/h5*1-5H;/q5*-1;. The van der Waals surface area contributed by atoms with Crippen LogP contribution in [0.5, 0.6) is 0 Å². The first-order valence-electron chi connectivity index (χ1n) is 8.33. The molecule has 5 aromatic carbocycles. The smallest absolute Gasteiger partial charge is 0 e. The summed E-state index contributed by atoms with van der Waals surface area (Å²) in [6.45, 7) is 0. The van der Waals surface area contributed by atoms with Gasteiger partial charge in [0.2, 0.25) is 0 Å². The maximum Gasteiger partial charge on any atom is 0 e. The molecule has 0 saturated carbocycles. The van der Waals surface area contributed by atoms with E-state index in [9.17, 15) is 0 Å². The molecule has 0 fully saturated rings. The van der Waals surface area contributed by atoms with E-state index in [1.807, 2.05) is 152 Å². The molecule has 0 unspecified atom stereocenters. The first-order chi connectivity index (χ1) is 12.5. The molecule has 0 amide bonds. The Kier molecular flexibility index (Phi) is 18.4. The van der Waals surface area contributed by atoms with Gasteiger partial charge in [0.05, 0.1) is 0 Å². The van der Waals surface area contributed by atoms with Crippen molar-refractivity contribution in [3.05, 3.63) is 152 Å². The molecular formula is C25H25Ir-5. The van der Waals surface area contributed by atoms with Gasteiger partial charge in [-0.25, -0.2) is 60.7 Å². The van der Waals surface area contributed by atoms with Gasteiger partial charge in [-0.2, -0.15) is 91.0 Å². The van der Waals surface area contributed by atoms with E-state index < -0.39 is 0 Å². The predicted octanol–water partition coefficient (Wildman–Crippen LogP) is 7.03. The monoisotopic (exact) mass is 518 g/mol. The summed E-state index contributed by atoms with van der Waals surface area (Å²) in [7, 11) is 0. The van der Waals surface area contributed by atoms with Gasteiger partial charge in [0, 0.05) is 20.1 Å². The third-order valence-corrected chi connectivity index (χ3v) is 2.78. The maximum absolute atomic E-state index is 2.00. The van der Waals surface area contributed by atoms with E-state index >= 15 is 0 Å². The fourth-order valence-corrected chi connectivity index (χ4v) is 1.60. The molecule has 0 aliphatic carbocycles. The number of rotatable bonds is 0. The van der Waals surface area contributed by atoms with Crippen LogP contribution in [0, 0.1) is 0 Å². The van der Waals surface area contributed by atoms with Crippen LogP contribution in [-0.2, 0) is 20.1 Å². The van der Waals surface area contributed by atoms with E-state index in [1.54, 1.807) is 0 Å². The van der Waals surface area contributed by atoms with Crippen LogP contribution in [0.2, 0.25) is 0 Å². The summed E-state index contributed by atoms with van der Waals surface area (Å²) in [6.07, 6.45) is 0. The van der Waals surface area contributed by atoms with Crippen molar-refractivity contribution in [3.63, 3.8) is 0 Å². The molecule has 0 N–H and O–H groups in total. The molecule has 26 heavy (non-hydrogen) atoms. The second-order valence-electron chi connectivity index (χ2n) is 4.81. The fraction of sp³-hybridized carbons (Fsp3) is 0. The second-order valence-corrected chi connectivity index (χ2v) is 4.81. The van der Waals surface area contributed by atoms with Gasteiger partial charge in [0.1, 0.15) is 0 Å². The maximum atomic E-state index is 2.00. The quantitative estimate of drug-likeness (QED) is 0.194. The van der Waals surface area contributed by atoms with E-state index in [0.717, 1.165) is 0 Å². The molecule has 0 aliphatic heterocycles. The Balaban J connectivity index is 0.000000298. The molecule has 0 bridgehead atoms. The molecular weight excluding hydrogens is 492 g/mol. The van der Waals surface area contributed by atoms with Crippen LogP contribution in [0.15, 0.2) is 152 Å². The minimum atomic E-state index is 0. The number of hydrogen-bond acceptors (Lipinski definition) is 0. The van der Waals surface area contributed by atoms with Gasteiger partial charge in [-0.15, -0.1) is 0 Å². The van der Waals surface area contributed by atoms with Crippen LogP contribution in [0.4, 0.5) is 0 Å². The summed E-state index contributed by atoms with van der Waals surface area (Å²) in [5, 5.41) is 0. The van der Waals surface area contributed by atoms with Gasteiger partial charge < -0.3 is 0 Å². The number of hydrogen-bond donors (Lipinski definition) is 0. The second kappa shape index (κ2) is 20.4. The molecule has 1 radical (unpaired) electrons. The SMILES string of the molecule is [Ir].c1cc[cH-]c1.c1cc[cH-]c1.c1cc[cH-]c1.c1cc[cH-]c1.c1cc[cH-]c1. The molecule has 5 aromatic rings. The zero-order valence-electron chi connectivity index (χ0n) is 14.8. The summed E-state index contributed by atoms with van der Waals surface area (Å²) < 4.78 is 0. The van der Waals surface area contributed by atoms with Crippen molar-refractivity contribution in [2.24, 2.45) is 0 Å². The van der Waals surface area contributed by atoms with E-state index in [4.69, 9.17) is 0 Å². The van der Waals surface area contributed by atoms with E-state index in [0.29, 0.717) is 0 Å². The third kappa shape index (κ3) is 17.7. The summed E-state index contributed by atoms with van der Waals surface area (Å²) in [4.78, 5) is 0. The Bertz CT molecular complexity index is 441. The van der Waals surface area contributed by atoms with Gasteiger partial charge >= 0.3 is 0 Å². The van der Waals surface area contributed by atoms with E-state index in [2.05, 4.69) is 0 Å². The summed E-state index contributed by atoms with van der Waals surface area (Å²) >= 11 is 0. The normalized spacial score (nSPS) is 7.69. The molecule has 0 heterocycles. The molecule has 0 atom stereocenters. The van der Waals surface area contributed by atoms with Gasteiger partial charge in [-0.3, -0.25) is 0 Å². The molecule has 0 nitrogen and oxygen atoms in total. The topological polar surface area (TPSA) is 0 Å². The van der Waals surface area contributed by atoms with Gasteiger partial charge in [-0.1, -0.05) is 0 Å². The molecule has 0 aromatic heterocycles. The predicted molar refractivity (Wildman–Crippen MR) is 110 cm³/mol. The van der Waals surface area contributed by atoms with Crippen LogP contribution < -0.4 is 0 Å². The Morgan fingerprint density at radius 3 is 0.385 bits per heavy atom. The van der Waals surface area contributed by atoms with E-state index in [1.165, 1.54) is 0 Å². The van der Waals surface area contributed by atoms with Gasteiger partial charge in [-0.05, 0) is 0 Å². The van der Waals surface area contributed by atoms with Crippen molar-refractivity contribution in [2.75, 3.05) is 0 Å². The van der Waals surface area contributed by atoms with Crippen LogP contribution in [0.1, 0.15) is 0 Å². The molecule has 139 valence electrons. The van der Waals surface area contributed by atoms with Crippen molar-refractivity contribution in [3.8, 4) is 0 Å². The van der Waals surface area contributed by atoms with Crippen LogP contribution >= 0.6 is 0 Å². The Labute approximate surface area is 171 Å². The summed E-state index contributed by atoms with van der Waals surface area (Å²) in [5.74, 6) is 0. The fourth-order valence-electron chi connectivity index (χ4n) is 1.60. The van der Waals surface area contributed by atoms with Crippen molar-refractivity contribution < 1.29 is 20.1 Å². The summed E-state index contributed by atoms with van der Waals surface area (Å²) in [5.41, 5.74) is 0. The average Bonchev–Trinajstić information content (AvgIpc) is 3.55. The van der Waals surface area contributed by atoms with E-state index in [-0.39, 0.29) is 20.1 Å². The van der Waals surface area contributed by atoms with Gasteiger partial charge in [0.15, 0.2) is 0 Å². The minimum absolute atomic E-state index is 0. The zero-order valence-corrected chi connectivity index (χ0v) is 17.2. The Morgan fingerprint density at radius 2 is 0.346 bits per heavy atom. The zero-order chi connectivity index (χ0) is 17.7. The summed E-state index contributed by atoms with van der Waals surface area (Å²) in [6, 6.07) is 50.0. The first kappa shape index (κ1) is 23.4. The Morgan fingerprint density at radius 1 is 0.231 bits per heavy atom. The van der Waals surface area contributed by atoms with Crippen molar-refractivity contribution in [1.82, 2.24) is 0 Å². The Hall–Kier alpha value is -2.60.